The van der Waals surface area contributed by atoms with Crippen LogP contribution in [0.4, 0.5) is 17.6 Å². The van der Waals surface area contributed by atoms with E-state index in [-0.39, 0.29) is 11.1 Å². The van der Waals surface area contributed by atoms with E-state index in [4.69, 9.17) is 0 Å². The van der Waals surface area contributed by atoms with Crippen LogP contribution in [-0.2, 0) is 0 Å². The predicted octanol–water partition coefficient (Wildman–Crippen LogP) is 2.76. The van der Waals surface area contributed by atoms with Gasteiger partial charge in [-0.15, -0.1) is 0 Å². The fourth-order valence-corrected chi connectivity index (χ4v) is 3.07. The third kappa shape index (κ3) is 3.61. The molecular formula is C22H6F4N6. The normalized spacial score (nSPS) is 9.75. The van der Waals surface area contributed by atoms with Gasteiger partial charge in [0.15, 0.2) is 0 Å². The first-order valence-corrected chi connectivity index (χ1v) is 8.49. The third-order valence-electron chi connectivity index (χ3n) is 4.31. The Kier molecular flexibility index (Phi) is 5.92. The van der Waals surface area contributed by atoms with Crippen molar-refractivity contribution in [1.82, 2.24) is 9.97 Å². The van der Waals surface area contributed by atoms with Crippen molar-refractivity contribution >= 4 is 11.1 Å². The fraction of sp³-hybridized carbons (Fsp3) is 0. The highest BCUT2D eigenvalue weighted by atomic mass is 19.1. The highest BCUT2D eigenvalue weighted by Crippen LogP contribution is 2.25. The molecule has 2 aromatic heterocycles. The number of hydrogen-bond acceptors (Lipinski definition) is 6. The summed E-state index contributed by atoms with van der Waals surface area (Å²) < 4.78 is 59.3. The molecule has 32 heavy (non-hydrogen) atoms. The molecule has 0 spiro atoms. The Hall–Kier alpha value is -5.06. The summed E-state index contributed by atoms with van der Waals surface area (Å²) in [6, 6.07) is 7.28. The molecule has 0 unspecified atom stereocenters. The number of pyridine rings is 2. The first kappa shape index (κ1) is 21.6. The largest absolute Gasteiger partial charge is 0.261 e. The van der Waals surface area contributed by atoms with Gasteiger partial charge in [0.1, 0.15) is 58.7 Å². The number of nitrogens with zero attached hydrogens (tertiary/aromatic N) is 6. The lowest BCUT2D eigenvalue weighted by Gasteiger charge is -2.13. The Morgan fingerprint density at radius 1 is 0.594 bits per heavy atom. The second kappa shape index (κ2) is 8.75. The van der Waals surface area contributed by atoms with Crippen molar-refractivity contribution in [3.8, 4) is 46.5 Å². The summed E-state index contributed by atoms with van der Waals surface area (Å²) in [7, 11) is 0. The van der Waals surface area contributed by atoms with E-state index in [1.807, 2.05) is 0 Å². The zero-order valence-electron chi connectivity index (χ0n) is 15.7. The van der Waals surface area contributed by atoms with Crippen molar-refractivity contribution in [2.75, 3.05) is 0 Å². The van der Waals surface area contributed by atoms with Gasteiger partial charge in [0, 0.05) is 34.6 Å². The van der Waals surface area contributed by atoms with Gasteiger partial charge < -0.3 is 0 Å². The maximum Gasteiger partial charge on any atom is 0.142 e. The molecule has 3 aromatic rings. The topological polar surface area (TPSA) is 121 Å². The van der Waals surface area contributed by atoms with E-state index < -0.39 is 56.0 Å². The van der Waals surface area contributed by atoms with E-state index in [0.717, 1.165) is 36.9 Å². The van der Waals surface area contributed by atoms with E-state index in [1.54, 1.807) is 0 Å². The van der Waals surface area contributed by atoms with Crippen LogP contribution < -0.4 is 10.4 Å². The minimum atomic E-state index is -1.41. The lowest BCUT2D eigenvalue weighted by Crippen LogP contribution is -2.28. The molecule has 152 valence electrons. The lowest BCUT2D eigenvalue weighted by atomic mass is 9.92. The summed E-state index contributed by atoms with van der Waals surface area (Å²) in [6.07, 6.45) is 3.46. The van der Waals surface area contributed by atoms with Gasteiger partial charge in [0.25, 0.3) is 0 Å². The van der Waals surface area contributed by atoms with Crippen LogP contribution in [0.2, 0.25) is 0 Å². The third-order valence-corrected chi connectivity index (χ3v) is 4.31. The van der Waals surface area contributed by atoms with Gasteiger partial charge in [0.05, 0.1) is 22.8 Å². The monoisotopic (exact) mass is 430 g/mol. The molecule has 0 aliphatic heterocycles. The Morgan fingerprint density at radius 3 is 1.22 bits per heavy atom. The zero-order chi connectivity index (χ0) is 23.4. The molecule has 1 aromatic carbocycles. The Morgan fingerprint density at radius 2 is 0.938 bits per heavy atom. The van der Waals surface area contributed by atoms with Crippen LogP contribution in [0, 0.1) is 68.6 Å². The molecule has 6 nitrogen and oxygen atoms in total. The lowest BCUT2D eigenvalue weighted by molar-refractivity contribution is 0.589. The van der Waals surface area contributed by atoms with Crippen LogP contribution in [0.1, 0.15) is 0 Å². The molecule has 0 aliphatic rings. The highest BCUT2D eigenvalue weighted by molar-refractivity contribution is 5.85. The van der Waals surface area contributed by atoms with Crippen LogP contribution in [0.25, 0.3) is 33.4 Å². The van der Waals surface area contributed by atoms with Gasteiger partial charge in [0.2, 0.25) is 0 Å². The number of benzene rings is 1. The van der Waals surface area contributed by atoms with E-state index >= 15 is 8.78 Å². The fourth-order valence-electron chi connectivity index (χ4n) is 3.07. The Bertz CT molecular complexity index is 1420. The van der Waals surface area contributed by atoms with Crippen LogP contribution in [-0.4, -0.2) is 9.97 Å². The summed E-state index contributed by atoms with van der Waals surface area (Å²) in [5, 5.41) is 35.6. The van der Waals surface area contributed by atoms with Crippen LogP contribution in [0.15, 0.2) is 36.9 Å². The molecule has 3 rings (SSSR count). The molecule has 0 atom stereocenters. The summed E-state index contributed by atoms with van der Waals surface area (Å²) in [6.45, 7) is 0. The summed E-state index contributed by atoms with van der Waals surface area (Å²) in [5.74, 6) is -4.69. The molecule has 0 radical (unpaired) electrons. The second-order valence-electron chi connectivity index (χ2n) is 6.11. The number of halogens is 4. The van der Waals surface area contributed by atoms with Gasteiger partial charge in [-0.3, -0.25) is 9.97 Å². The van der Waals surface area contributed by atoms with Gasteiger partial charge in [-0.25, -0.2) is 17.6 Å². The second-order valence-corrected chi connectivity index (χ2v) is 6.11. The maximum absolute atomic E-state index is 15.8. The smallest absolute Gasteiger partial charge is 0.142 e. The molecule has 0 amide bonds. The van der Waals surface area contributed by atoms with Crippen LogP contribution in [0.3, 0.4) is 0 Å². The first-order chi connectivity index (χ1) is 15.4. The van der Waals surface area contributed by atoms with Crippen molar-refractivity contribution in [3.05, 3.63) is 70.6 Å². The number of nitriles is 4. The summed E-state index contributed by atoms with van der Waals surface area (Å²) in [5.41, 5.74) is -4.02. The van der Waals surface area contributed by atoms with Crippen molar-refractivity contribution in [2.45, 2.75) is 0 Å². The molecule has 0 fully saturated rings. The number of hydrogen-bond donors (Lipinski definition) is 0. The zero-order valence-corrected chi connectivity index (χ0v) is 15.7. The number of rotatable bonds is 2. The van der Waals surface area contributed by atoms with Gasteiger partial charge in [-0.2, -0.15) is 21.0 Å². The van der Waals surface area contributed by atoms with Gasteiger partial charge >= 0.3 is 0 Å². The quantitative estimate of drug-likeness (QED) is 0.577. The molecule has 2 heterocycles. The van der Waals surface area contributed by atoms with Crippen LogP contribution in [0.5, 0.6) is 0 Å². The minimum absolute atomic E-state index is 0.361. The Balaban J connectivity index is 2.80. The van der Waals surface area contributed by atoms with E-state index in [1.165, 1.54) is 24.3 Å². The van der Waals surface area contributed by atoms with Crippen molar-refractivity contribution < 1.29 is 17.6 Å². The molecule has 0 saturated heterocycles. The van der Waals surface area contributed by atoms with E-state index in [0.29, 0.717) is 0 Å². The number of aromatic nitrogens is 2. The minimum Gasteiger partial charge on any atom is -0.261 e. The van der Waals surface area contributed by atoms with E-state index in [9.17, 15) is 29.8 Å². The molecule has 10 heteroatoms. The molecule has 0 N–H and O–H groups in total. The van der Waals surface area contributed by atoms with Crippen molar-refractivity contribution in [2.24, 2.45) is 0 Å². The molecule has 0 saturated carbocycles. The average Bonchev–Trinajstić information content (AvgIpc) is 2.78. The maximum atomic E-state index is 15.8. The first-order valence-electron chi connectivity index (χ1n) is 8.49. The predicted molar refractivity (Wildman–Crippen MR) is 101 cm³/mol. The SMILES string of the molecule is N#CC(C#N)=c1c(F)c(-c2cncc(F)c2)c(=C(C#N)C#N)c(F)c1-c1cncc(F)c1. The molecule has 0 aliphatic carbocycles. The molecule has 0 bridgehead atoms. The Labute approximate surface area is 177 Å². The van der Waals surface area contributed by atoms with Gasteiger partial charge in [-0.05, 0) is 12.1 Å². The van der Waals surface area contributed by atoms with Crippen LogP contribution >= 0.6 is 0 Å². The highest BCUT2D eigenvalue weighted by Gasteiger charge is 2.25. The van der Waals surface area contributed by atoms with Crippen molar-refractivity contribution in [1.29, 1.82) is 21.0 Å². The van der Waals surface area contributed by atoms with E-state index in [2.05, 4.69) is 9.97 Å². The van der Waals surface area contributed by atoms with Gasteiger partial charge in [-0.1, -0.05) is 0 Å². The molecular weight excluding hydrogens is 424 g/mol. The standard InChI is InChI=1S/C22H6F4N6/c23-15-1-11(7-31-9-15)17-19(13(3-27)4-28)22(26)18(12-2-16(24)10-32-8-12)20(21(17)25)14(5-29)6-30/h1-2,7-10H. The summed E-state index contributed by atoms with van der Waals surface area (Å²) in [4.78, 5) is 7.11. The van der Waals surface area contributed by atoms with Crippen molar-refractivity contribution in [3.63, 3.8) is 0 Å². The average molecular weight is 430 g/mol. The summed E-state index contributed by atoms with van der Waals surface area (Å²) >= 11 is 0.